The maximum atomic E-state index is 11.9. The Morgan fingerprint density at radius 3 is 2.27 bits per heavy atom. The summed E-state index contributed by atoms with van der Waals surface area (Å²) in [6.45, 7) is 6.49. The van der Waals surface area contributed by atoms with Gasteiger partial charge in [0.1, 0.15) is 5.75 Å². The van der Waals surface area contributed by atoms with Crippen molar-refractivity contribution >= 4 is 17.5 Å². The number of ether oxygens (including phenoxy) is 1. The first-order chi connectivity index (χ1) is 10.5. The topological polar surface area (TPSA) is 38.3 Å². The molecule has 0 spiro atoms. The Kier molecular flexibility index (Phi) is 5.45. The highest BCUT2D eigenvalue weighted by molar-refractivity contribution is 6.30. The number of aryl methyl sites for hydroxylation is 3. The molecule has 0 saturated carbocycles. The highest BCUT2D eigenvalue weighted by Crippen LogP contribution is 2.24. The van der Waals surface area contributed by atoms with Crippen molar-refractivity contribution in [1.29, 1.82) is 0 Å². The van der Waals surface area contributed by atoms with Crippen LogP contribution in [0.3, 0.4) is 0 Å². The van der Waals surface area contributed by atoms with Crippen molar-refractivity contribution in [2.45, 2.75) is 27.3 Å². The summed E-state index contributed by atoms with van der Waals surface area (Å²) in [6.07, 6.45) is 0. The Bertz CT molecular complexity index is 642. The number of carbonyl (C=O) groups excluding carboxylic acids is 1. The minimum absolute atomic E-state index is 0.0122. The largest absolute Gasteiger partial charge is 0.483 e. The van der Waals surface area contributed by atoms with Gasteiger partial charge in [0.05, 0.1) is 0 Å². The van der Waals surface area contributed by atoms with Gasteiger partial charge in [0.25, 0.3) is 5.91 Å². The van der Waals surface area contributed by atoms with Crippen LogP contribution < -0.4 is 10.1 Å². The molecule has 2 aromatic carbocycles. The fourth-order valence-corrected chi connectivity index (χ4v) is 2.51. The van der Waals surface area contributed by atoms with E-state index in [2.05, 4.69) is 5.32 Å². The van der Waals surface area contributed by atoms with E-state index in [0.717, 1.165) is 22.4 Å². The quantitative estimate of drug-likeness (QED) is 0.906. The third-order valence-corrected chi connectivity index (χ3v) is 3.61. The van der Waals surface area contributed by atoms with Crippen LogP contribution in [0.25, 0.3) is 0 Å². The van der Waals surface area contributed by atoms with Crippen LogP contribution in [-0.4, -0.2) is 12.5 Å². The van der Waals surface area contributed by atoms with E-state index >= 15 is 0 Å². The van der Waals surface area contributed by atoms with Gasteiger partial charge in [-0.2, -0.15) is 0 Å². The van der Waals surface area contributed by atoms with E-state index in [9.17, 15) is 4.79 Å². The smallest absolute Gasteiger partial charge is 0.258 e. The monoisotopic (exact) mass is 317 g/mol. The summed E-state index contributed by atoms with van der Waals surface area (Å²) >= 11 is 5.83. The summed E-state index contributed by atoms with van der Waals surface area (Å²) < 4.78 is 5.66. The van der Waals surface area contributed by atoms with Gasteiger partial charge in [-0.15, -0.1) is 0 Å². The van der Waals surface area contributed by atoms with Crippen molar-refractivity contribution in [3.63, 3.8) is 0 Å². The number of halogens is 1. The zero-order valence-electron chi connectivity index (χ0n) is 13.1. The molecule has 0 bridgehead atoms. The van der Waals surface area contributed by atoms with E-state index in [1.165, 1.54) is 5.56 Å². The third kappa shape index (κ3) is 4.50. The van der Waals surface area contributed by atoms with Crippen LogP contribution in [0.2, 0.25) is 5.02 Å². The standard InChI is InChI=1S/C18H20ClNO2/c1-12-8-13(2)18(14(3)9-12)22-11-17(21)20-10-15-4-6-16(19)7-5-15/h4-9H,10-11H2,1-3H3,(H,20,21). The number of hydrogen-bond donors (Lipinski definition) is 1. The summed E-state index contributed by atoms with van der Waals surface area (Å²) in [5.74, 6) is 0.640. The van der Waals surface area contributed by atoms with Crippen molar-refractivity contribution in [2.75, 3.05) is 6.61 Å². The van der Waals surface area contributed by atoms with Crippen LogP contribution in [0, 0.1) is 20.8 Å². The molecule has 0 saturated heterocycles. The molecule has 0 fully saturated rings. The zero-order chi connectivity index (χ0) is 16.1. The molecule has 0 aromatic heterocycles. The van der Waals surface area contributed by atoms with E-state index < -0.39 is 0 Å². The maximum Gasteiger partial charge on any atom is 0.258 e. The molecule has 0 atom stereocenters. The first-order valence-corrected chi connectivity index (χ1v) is 7.55. The Hall–Kier alpha value is -2.00. The molecule has 0 radical (unpaired) electrons. The van der Waals surface area contributed by atoms with E-state index in [-0.39, 0.29) is 12.5 Å². The van der Waals surface area contributed by atoms with Gasteiger partial charge in [0.2, 0.25) is 0 Å². The lowest BCUT2D eigenvalue weighted by molar-refractivity contribution is -0.123. The van der Waals surface area contributed by atoms with Gasteiger partial charge >= 0.3 is 0 Å². The average molecular weight is 318 g/mol. The molecule has 116 valence electrons. The SMILES string of the molecule is Cc1cc(C)c(OCC(=O)NCc2ccc(Cl)cc2)c(C)c1. The molecule has 0 aliphatic rings. The molecule has 0 unspecified atom stereocenters. The van der Waals surface area contributed by atoms with Crippen LogP contribution in [0.4, 0.5) is 0 Å². The van der Waals surface area contributed by atoms with Gasteiger partial charge in [-0.25, -0.2) is 0 Å². The molecule has 0 heterocycles. The van der Waals surface area contributed by atoms with Gasteiger partial charge in [0.15, 0.2) is 6.61 Å². The fourth-order valence-electron chi connectivity index (χ4n) is 2.39. The highest BCUT2D eigenvalue weighted by atomic mass is 35.5. The summed E-state index contributed by atoms with van der Waals surface area (Å²) in [6, 6.07) is 11.5. The molecule has 3 nitrogen and oxygen atoms in total. The number of amides is 1. The van der Waals surface area contributed by atoms with Crippen molar-refractivity contribution in [3.8, 4) is 5.75 Å². The number of benzene rings is 2. The molecule has 1 amide bonds. The highest BCUT2D eigenvalue weighted by Gasteiger charge is 2.08. The summed E-state index contributed by atoms with van der Waals surface area (Å²) in [4.78, 5) is 11.9. The van der Waals surface area contributed by atoms with Gasteiger partial charge < -0.3 is 10.1 Å². The number of carbonyl (C=O) groups is 1. The average Bonchev–Trinajstić information content (AvgIpc) is 2.45. The summed E-state index contributed by atoms with van der Waals surface area (Å²) in [5.41, 5.74) is 4.28. The zero-order valence-corrected chi connectivity index (χ0v) is 13.8. The van der Waals surface area contributed by atoms with Crippen LogP contribution in [0.1, 0.15) is 22.3 Å². The maximum absolute atomic E-state index is 11.9. The number of rotatable bonds is 5. The Labute approximate surface area is 136 Å². The first-order valence-electron chi connectivity index (χ1n) is 7.17. The molecule has 22 heavy (non-hydrogen) atoms. The van der Waals surface area contributed by atoms with E-state index in [1.807, 2.05) is 45.0 Å². The second-order valence-corrected chi connectivity index (χ2v) is 5.86. The van der Waals surface area contributed by atoms with Gasteiger partial charge in [-0.3, -0.25) is 4.79 Å². The van der Waals surface area contributed by atoms with E-state index in [0.29, 0.717) is 11.6 Å². The van der Waals surface area contributed by atoms with Crippen LogP contribution in [0.15, 0.2) is 36.4 Å². The number of hydrogen-bond acceptors (Lipinski definition) is 2. The van der Waals surface area contributed by atoms with Crippen LogP contribution in [-0.2, 0) is 11.3 Å². The Balaban J connectivity index is 1.87. The summed E-state index contributed by atoms with van der Waals surface area (Å²) in [7, 11) is 0. The molecule has 0 aliphatic carbocycles. The minimum Gasteiger partial charge on any atom is -0.483 e. The first kappa shape index (κ1) is 16.4. The Morgan fingerprint density at radius 2 is 1.68 bits per heavy atom. The minimum atomic E-state index is -0.144. The molecule has 2 rings (SSSR count). The van der Waals surface area contributed by atoms with Gasteiger partial charge in [-0.1, -0.05) is 41.4 Å². The molecular weight excluding hydrogens is 298 g/mol. The lowest BCUT2D eigenvalue weighted by Crippen LogP contribution is -2.28. The van der Waals surface area contributed by atoms with Crippen molar-refractivity contribution in [3.05, 3.63) is 63.7 Å². The normalized spacial score (nSPS) is 10.4. The van der Waals surface area contributed by atoms with Crippen molar-refractivity contribution < 1.29 is 9.53 Å². The van der Waals surface area contributed by atoms with Gasteiger partial charge in [-0.05, 0) is 49.6 Å². The van der Waals surface area contributed by atoms with Crippen LogP contribution in [0.5, 0.6) is 5.75 Å². The van der Waals surface area contributed by atoms with E-state index in [1.54, 1.807) is 12.1 Å². The van der Waals surface area contributed by atoms with Crippen molar-refractivity contribution in [2.24, 2.45) is 0 Å². The van der Waals surface area contributed by atoms with Gasteiger partial charge in [0, 0.05) is 11.6 Å². The molecule has 4 heteroatoms. The predicted octanol–water partition coefficient (Wildman–Crippen LogP) is 3.96. The van der Waals surface area contributed by atoms with E-state index in [4.69, 9.17) is 16.3 Å². The lowest BCUT2D eigenvalue weighted by Gasteiger charge is -2.13. The Morgan fingerprint density at radius 1 is 1.09 bits per heavy atom. The van der Waals surface area contributed by atoms with Crippen molar-refractivity contribution in [1.82, 2.24) is 5.32 Å². The fraction of sp³-hybridized carbons (Fsp3) is 0.278. The predicted molar refractivity (Wildman–Crippen MR) is 89.4 cm³/mol. The molecule has 0 aliphatic heterocycles. The third-order valence-electron chi connectivity index (χ3n) is 3.36. The second kappa shape index (κ2) is 7.32. The molecular formula is C18H20ClNO2. The molecule has 1 N–H and O–H groups in total. The molecule has 2 aromatic rings. The van der Waals surface area contributed by atoms with Crippen LogP contribution >= 0.6 is 11.6 Å². The number of nitrogens with one attached hydrogen (secondary N) is 1. The summed E-state index contributed by atoms with van der Waals surface area (Å²) in [5, 5.41) is 3.52. The lowest BCUT2D eigenvalue weighted by atomic mass is 10.1. The second-order valence-electron chi connectivity index (χ2n) is 5.42.